The van der Waals surface area contributed by atoms with Crippen molar-refractivity contribution in [3.63, 3.8) is 0 Å². The lowest BCUT2D eigenvalue weighted by atomic mass is 9.98. The fourth-order valence-corrected chi connectivity index (χ4v) is 2.58. The van der Waals surface area contributed by atoms with Gasteiger partial charge in [-0.05, 0) is 53.6 Å². The lowest BCUT2D eigenvalue weighted by molar-refractivity contribution is 0.0707. The first kappa shape index (κ1) is 16.5. The van der Waals surface area contributed by atoms with Crippen molar-refractivity contribution in [2.75, 3.05) is 12.4 Å². The quantitative estimate of drug-likeness (QED) is 0.482. The summed E-state index contributed by atoms with van der Waals surface area (Å²) in [7, 11) is 1.62. The van der Waals surface area contributed by atoms with Gasteiger partial charge < -0.3 is 10.1 Å². The van der Waals surface area contributed by atoms with Crippen molar-refractivity contribution < 1.29 is 14.7 Å². The highest BCUT2D eigenvalue weighted by Gasteiger charge is 2.13. The summed E-state index contributed by atoms with van der Waals surface area (Å²) in [6, 6.07) is 22.5. The number of rotatable bonds is 5. The molecule has 3 rings (SSSR count). The number of hydroxylamine groups is 1. The van der Waals surface area contributed by atoms with Crippen molar-refractivity contribution in [3.05, 3.63) is 78.4 Å². The molecule has 0 saturated heterocycles. The fraction of sp³-hybridized carbons (Fsp3) is 0.0500. The number of benzene rings is 3. The predicted molar refractivity (Wildman–Crippen MR) is 97.4 cm³/mol. The Labute approximate surface area is 145 Å². The molecule has 0 aliphatic rings. The van der Waals surface area contributed by atoms with Crippen molar-refractivity contribution >= 4 is 17.3 Å². The van der Waals surface area contributed by atoms with Gasteiger partial charge in [-0.15, -0.1) is 0 Å². The summed E-state index contributed by atoms with van der Waals surface area (Å²) in [4.78, 5) is 12.0. The van der Waals surface area contributed by atoms with Gasteiger partial charge in [-0.1, -0.05) is 30.3 Å². The van der Waals surface area contributed by atoms with E-state index in [-0.39, 0.29) is 0 Å². The molecule has 5 heteroatoms. The molecular weight excluding hydrogens is 316 g/mol. The SMILES string of the molecule is COc1ccc(Nc2ccc(C(=O)NO)c(-c3ccccc3)c2)cc1. The zero-order valence-corrected chi connectivity index (χ0v) is 13.7. The second-order valence-corrected chi connectivity index (χ2v) is 5.42. The number of carbonyl (C=O) groups is 1. The first-order valence-electron chi connectivity index (χ1n) is 7.76. The highest BCUT2D eigenvalue weighted by atomic mass is 16.5. The van der Waals surface area contributed by atoms with E-state index in [1.807, 2.05) is 60.7 Å². The van der Waals surface area contributed by atoms with Gasteiger partial charge in [0, 0.05) is 16.9 Å². The minimum atomic E-state index is -0.546. The van der Waals surface area contributed by atoms with Crippen molar-refractivity contribution in [2.45, 2.75) is 0 Å². The maximum Gasteiger partial charge on any atom is 0.275 e. The van der Waals surface area contributed by atoms with E-state index in [2.05, 4.69) is 5.32 Å². The fourth-order valence-electron chi connectivity index (χ4n) is 2.58. The number of methoxy groups -OCH3 is 1. The molecule has 0 aromatic heterocycles. The van der Waals surface area contributed by atoms with Gasteiger partial charge in [0.2, 0.25) is 0 Å². The molecule has 126 valence electrons. The molecule has 0 aliphatic heterocycles. The molecule has 3 N–H and O–H groups in total. The lowest BCUT2D eigenvalue weighted by Gasteiger charge is -2.13. The summed E-state index contributed by atoms with van der Waals surface area (Å²) in [5.41, 5.74) is 5.45. The van der Waals surface area contributed by atoms with Crippen LogP contribution in [0.3, 0.4) is 0 Å². The Balaban J connectivity index is 1.97. The van der Waals surface area contributed by atoms with E-state index in [0.29, 0.717) is 5.56 Å². The number of amides is 1. The minimum absolute atomic E-state index is 0.397. The van der Waals surface area contributed by atoms with E-state index in [0.717, 1.165) is 28.3 Å². The van der Waals surface area contributed by atoms with Gasteiger partial charge in [-0.25, -0.2) is 5.48 Å². The van der Waals surface area contributed by atoms with Gasteiger partial charge in [-0.3, -0.25) is 10.0 Å². The van der Waals surface area contributed by atoms with Crippen LogP contribution in [0.4, 0.5) is 11.4 Å². The smallest absolute Gasteiger partial charge is 0.275 e. The zero-order valence-electron chi connectivity index (χ0n) is 13.7. The van der Waals surface area contributed by atoms with Crippen LogP contribution in [0.5, 0.6) is 5.75 Å². The van der Waals surface area contributed by atoms with Gasteiger partial charge in [0.05, 0.1) is 7.11 Å². The van der Waals surface area contributed by atoms with Gasteiger partial charge >= 0.3 is 0 Å². The third-order valence-corrected chi connectivity index (χ3v) is 3.83. The molecule has 0 radical (unpaired) electrons. The van der Waals surface area contributed by atoms with Crippen LogP contribution >= 0.6 is 0 Å². The molecule has 0 aliphatic carbocycles. The summed E-state index contributed by atoms with van der Waals surface area (Å²) >= 11 is 0. The summed E-state index contributed by atoms with van der Waals surface area (Å²) in [6.45, 7) is 0. The Morgan fingerprint density at radius 1 is 0.920 bits per heavy atom. The monoisotopic (exact) mass is 334 g/mol. The average Bonchev–Trinajstić information content (AvgIpc) is 2.68. The number of anilines is 2. The van der Waals surface area contributed by atoms with Crippen LogP contribution in [0.15, 0.2) is 72.8 Å². The van der Waals surface area contributed by atoms with Crippen molar-refractivity contribution in [1.82, 2.24) is 5.48 Å². The maximum atomic E-state index is 12.0. The van der Waals surface area contributed by atoms with Gasteiger partial charge in [0.15, 0.2) is 0 Å². The van der Waals surface area contributed by atoms with Crippen LogP contribution in [0, 0.1) is 0 Å². The normalized spacial score (nSPS) is 10.2. The molecule has 5 nitrogen and oxygen atoms in total. The van der Waals surface area contributed by atoms with Gasteiger partial charge in [0.1, 0.15) is 5.75 Å². The van der Waals surface area contributed by atoms with E-state index >= 15 is 0 Å². The standard InChI is InChI=1S/C20H18N2O3/c1-25-17-10-7-15(8-11-17)21-16-9-12-18(20(23)22-24)19(13-16)14-5-3-2-4-6-14/h2-13,21,24H,1H3,(H,22,23). The number of nitrogens with one attached hydrogen (secondary N) is 2. The van der Waals surface area contributed by atoms with Crippen molar-refractivity contribution in [3.8, 4) is 16.9 Å². The van der Waals surface area contributed by atoms with Crippen molar-refractivity contribution in [1.29, 1.82) is 0 Å². The van der Waals surface area contributed by atoms with Crippen molar-refractivity contribution in [2.24, 2.45) is 0 Å². The topological polar surface area (TPSA) is 70.6 Å². The van der Waals surface area contributed by atoms with E-state index in [1.54, 1.807) is 24.7 Å². The van der Waals surface area contributed by atoms with Crippen LogP contribution in [-0.2, 0) is 0 Å². The van der Waals surface area contributed by atoms with E-state index in [9.17, 15) is 4.79 Å². The Kier molecular flexibility index (Phi) is 4.97. The third kappa shape index (κ3) is 3.79. The molecule has 1 amide bonds. The van der Waals surface area contributed by atoms with E-state index < -0.39 is 5.91 Å². The molecule has 0 bridgehead atoms. The number of hydrogen-bond acceptors (Lipinski definition) is 4. The Hall–Kier alpha value is -3.31. The summed E-state index contributed by atoms with van der Waals surface area (Å²) in [6.07, 6.45) is 0. The molecule has 0 saturated carbocycles. The highest BCUT2D eigenvalue weighted by molar-refractivity contribution is 6.01. The van der Waals surface area contributed by atoms with E-state index in [4.69, 9.17) is 9.94 Å². The molecule has 0 spiro atoms. The molecule has 0 heterocycles. The van der Waals surface area contributed by atoms with Gasteiger partial charge in [-0.2, -0.15) is 0 Å². The average molecular weight is 334 g/mol. The second kappa shape index (κ2) is 7.51. The zero-order chi connectivity index (χ0) is 17.6. The Bertz CT molecular complexity index is 862. The number of hydrogen-bond donors (Lipinski definition) is 3. The Morgan fingerprint density at radius 3 is 2.24 bits per heavy atom. The summed E-state index contributed by atoms with van der Waals surface area (Å²) in [5, 5.41) is 12.3. The lowest BCUT2D eigenvalue weighted by Crippen LogP contribution is -2.19. The first-order valence-corrected chi connectivity index (χ1v) is 7.76. The predicted octanol–water partition coefficient (Wildman–Crippen LogP) is 4.22. The van der Waals surface area contributed by atoms with Crippen LogP contribution in [0.2, 0.25) is 0 Å². The van der Waals surface area contributed by atoms with Crippen LogP contribution in [0.25, 0.3) is 11.1 Å². The molecule has 25 heavy (non-hydrogen) atoms. The van der Waals surface area contributed by atoms with Crippen LogP contribution in [0.1, 0.15) is 10.4 Å². The number of carbonyl (C=O) groups excluding carboxylic acids is 1. The Morgan fingerprint density at radius 2 is 1.60 bits per heavy atom. The number of ether oxygens (including phenoxy) is 1. The molecule has 0 fully saturated rings. The maximum absolute atomic E-state index is 12.0. The third-order valence-electron chi connectivity index (χ3n) is 3.83. The van der Waals surface area contributed by atoms with Crippen LogP contribution < -0.4 is 15.5 Å². The molecule has 3 aromatic rings. The molecule has 3 aromatic carbocycles. The minimum Gasteiger partial charge on any atom is -0.497 e. The first-order chi connectivity index (χ1) is 12.2. The second-order valence-electron chi connectivity index (χ2n) is 5.42. The summed E-state index contributed by atoms with van der Waals surface area (Å²) in [5.74, 6) is 0.236. The largest absolute Gasteiger partial charge is 0.497 e. The van der Waals surface area contributed by atoms with E-state index in [1.165, 1.54) is 0 Å². The summed E-state index contributed by atoms with van der Waals surface area (Å²) < 4.78 is 5.15. The molecule has 0 unspecified atom stereocenters. The highest BCUT2D eigenvalue weighted by Crippen LogP contribution is 2.29. The van der Waals surface area contributed by atoms with Crippen LogP contribution in [-0.4, -0.2) is 18.2 Å². The molecule has 0 atom stereocenters. The van der Waals surface area contributed by atoms with Gasteiger partial charge in [0.25, 0.3) is 5.91 Å². The molecular formula is C20H18N2O3.